The molecule has 4 N–H and O–H groups in total. The van der Waals surface area contributed by atoms with E-state index in [9.17, 15) is 4.79 Å². The Labute approximate surface area is 63.7 Å². The van der Waals surface area contributed by atoms with Gasteiger partial charge < -0.3 is 16.0 Å². The van der Waals surface area contributed by atoms with Crippen molar-refractivity contribution < 1.29 is 0 Å². The number of H-pyrrole nitrogens is 1. The Hall–Kier alpha value is -1.36. The maximum atomic E-state index is 10.7. The van der Waals surface area contributed by atoms with Crippen molar-refractivity contribution in [1.29, 1.82) is 0 Å². The van der Waals surface area contributed by atoms with Gasteiger partial charge in [0.2, 0.25) is 0 Å². The first-order valence-electron chi connectivity index (χ1n) is 3.31. The van der Waals surface area contributed by atoms with Crippen molar-refractivity contribution in [2.24, 2.45) is 5.73 Å². The maximum Gasteiger partial charge on any atom is 0.252 e. The van der Waals surface area contributed by atoms with Crippen LogP contribution in [0.3, 0.4) is 0 Å². The molecule has 0 saturated carbocycles. The van der Waals surface area contributed by atoms with Gasteiger partial charge in [0.1, 0.15) is 5.82 Å². The van der Waals surface area contributed by atoms with Gasteiger partial charge in [0, 0.05) is 19.2 Å². The molecule has 11 heavy (non-hydrogen) atoms. The number of anilines is 1. The van der Waals surface area contributed by atoms with Crippen LogP contribution < -0.4 is 16.6 Å². The topological polar surface area (TPSA) is 83.8 Å². The molecule has 0 aliphatic carbocycles. The van der Waals surface area contributed by atoms with Crippen molar-refractivity contribution in [2.45, 2.75) is 0 Å². The van der Waals surface area contributed by atoms with E-state index in [1.165, 1.54) is 12.4 Å². The SMILES string of the molecule is NCCNc1cc(=O)[nH]cn1. The van der Waals surface area contributed by atoms with Crippen LogP contribution in [-0.2, 0) is 0 Å². The summed E-state index contributed by atoms with van der Waals surface area (Å²) in [5, 5.41) is 2.88. The van der Waals surface area contributed by atoms with E-state index in [4.69, 9.17) is 5.73 Å². The smallest absolute Gasteiger partial charge is 0.252 e. The molecule has 5 heteroatoms. The average Bonchev–Trinajstić information content (AvgIpc) is 2.01. The van der Waals surface area contributed by atoms with Crippen LogP contribution in [0, 0.1) is 0 Å². The summed E-state index contributed by atoms with van der Waals surface area (Å²) in [4.78, 5) is 17.0. The number of nitrogens with two attached hydrogens (primary N) is 1. The van der Waals surface area contributed by atoms with Gasteiger partial charge >= 0.3 is 0 Å². The Morgan fingerprint density at radius 3 is 3.18 bits per heavy atom. The van der Waals surface area contributed by atoms with Crippen LogP contribution in [0.5, 0.6) is 0 Å². The number of nitrogens with one attached hydrogen (secondary N) is 2. The molecule has 5 nitrogen and oxygen atoms in total. The van der Waals surface area contributed by atoms with Crippen molar-refractivity contribution >= 4 is 5.82 Å². The molecular formula is C6H10N4O. The first-order chi connectivity index (χ1) is 5.33. The fourth-order valence-corrected chi connectivity index (χ4v) is 0.665. The molecule has 0 fully saturated rings. The molecule has 0 bridgehead atoms. The van der Waals surface area contributed by atoms with Gasteiger partial charge in [0.25, 0.3) is 5.56 Å². The standard InChI is InChI=1S/C6H10N4O/c7-1-2-8-5-3-6(11)10-4-9-5/h3-4H,1-2,7H2,(H2,8,9,10,11). The molecule has 1 aromatic heterocycles. The van der Waals surface area contributed by atoms with Gasteiger partial charge in [-0.3, -0.25) is 4.79 Å². The molecule has 0 amide bonds. The molecule has 0 radical (unpaired) electrons. The summed E-state index contributed by atoms with van der Waals surface area (Å²) >= 11 is 0. The highest BCUT2D eigenvalue weighted by Crippen LogP contribution is 1.91. The summed E-state index contributed by atoms with van der Waals surface area (Å²) < 4.78 is 0. The molecule has 0 atom stereocenters. The minimum Gasteiger partial charge on any atom is -0.369 e. The van der Waals surface area contributed by atoms with Crippen molar-refractivity contribution in [3.05, 3.63) is 22.7 Å². The van der Waals surface area contributed by atoms with E-state index in [0.29, 0.717) is 18.9 Å². The van der Waals surface area contributed by atoms with E-state index in [1.807, 2.05) is 0 Å². The highest BCUT2D eigenvalue weighted by atomic mass is 16.1. The fraction of sp³-hybridized carbons (Fsp3) is 0.333. The van der Waals surface area contributed by atoms with Crippen molar-refractivity contribution in [3.8, 4) is 0 Å². The molecular weight excluding hydrogens is 144 g/mol. The van der Waals surface area contributed by atoms with E-state index >= 15 is 0 Å². The molecule has 60 valence electrons. The molecule has 1 aromatic rings. The molecule has 1 heterocycles. The van der Waals surface area contributed by atoms with Crippen LogP contribution in [0.2, 0.25) is 0 Å². The van der Waals surface area contributed by atoms with Gasteiger partial charge in [0.05, 0.1) is 6.33 Å². The zero-order chi connectivity index (χ0) is 8.10. The van der Waals surface area contributed by atoms with Crippen molar-refractivity contribution in [2.75, 3.05) is 18.4 Å². The predicted octanol–water partition coefficient (Wildman–Crippen LogP) is -0.859. The second-order valence-corrected chi connectivity index (χ2v) is 2.01. The van der Waals surface area contributed by atoms with E-state index in [0.717, 1.165) is 0 Å². The van der Waals surface area contributed by atoms with Crippen molar-refractivity contribution in [1.82, 2.24) is 9.97 Å². The van der Waals surface area contributed by atoms with Crippen LogP contribution in [0.25, 0.3) is 0 Å². The molecule has 0 aliphatic heterocycles. The van der Waals surface area contributed by atoms with E-state index in [1.54, 1.807) is 0 Å². The summed E-state index contributed by atoms with van der Waals surface area (Å²) in [5.41, 5.74) is 5.07. The lowest BCUT2D eigenvalue weighted by molar-refractivity contribution is 0.999. The van der Waals surface area contributed by atoms with E-state index in [2.05, 4.69) is 15.3 Å². The lowest BCUT2D eigenvalue weighted by Gasteiger charge is -2.00. The Kier molecular flexibility index (Phi) is 2.62. The summed E-state index contributed by atoms with van der Waals surface area (Å²) in [6, 6.07) is 1.38. The summed E-state index contributed by atoms with van der Waals surface area (Å²) in [6.07, 6.45) is 1.35. The Balaban J connectivity index is 2.64. The quantitative estimate of drug-likeness (QED) is 0.529. The molecule has 0 aliphatic rings. The van der Waals surface area contributed by atoms with Crippen LogP contribution >= 0.6 is 0 Å². The van der Waals surface area contributed by atoms with Gasteiger partial charge in [-0.2, -0.15) is 0 Å². The van der Waals surface area contributed by atoms with Gasteiger partial charge in [0.15, 0.2) is 0 Å². The third kappa shape index (κ3) is 2.38. The van der Waals surface area contributed by atoms with Gasteiger partial charge in [-0.1, -0.05) is 0 Å². The summed E-state index contributed by atoms with van der Waals surface area (Å²) in [5.74, 6) is 0.555. The zero-order valence-electron chi connectivity index (χ0n) is 6.00. The van der Waals surface area contributed by atoms with Gasteiger partial charge in [-0.25, -0.2) is 4.98 Å². The maximum absolute atomic E-state index is 10.7. The third-order valence-corrected chi connectivity index (χ3v) is 1.13. The van der Waals surface area contributed by atoms with Crippen LogP contribution in [0.15, 0.2) is 17.2 Å². The molecule has 0 aromatic carbocycles. The molecule has 1 rings (SSSR count). The lowest BCUT2D eigenvalue weighted by atomic mass is 10.5. The summed E-state index contributed by atoms with van der Waals surface area (Å²) in [7, 11) is 0. The third-order valence-electron chi connectivity index (χ3n) is 1.13. The number of nitrogens with zero attached hydrogens (tertiary/aromatic N) is 1. The monoisotopic (exact) mass is 154 g/mol. The van der Waals surface area contributed by atoms with Gasteiger partial charge in [-0.15, -0.1) is 0 Å². The number of hydrogen-bond donors (Lipinski definition) is 3. The number of rotatable bonds is 3. The largest absolute Gasteiger partial charge is 0.369 e. The highest BCUT2D eigenvalue weighted by molar-refractivity contribution is 5.31. The number of aromatic nitrogens is 2. The van der Waals surface area contributed by atoms with Crippen molar-refractivity contribution in [3.63, 3.8) is 0 Å². The zero-order valence-corrected chi connectivity index (χ0v) is 6.00. The molecule has 0 spiro atoms. The van der Waals surface area contributed by atoms with E-state index < -0.39 is 0 Å². The average molecular weight is 154 g/mol. The Morgan fingerprint density at radius 1 is 1.73 bits per heavy atom. The van der Waals surface area contributed by atoms with E-state index in [-0.39, 0.29) is 5.56 Å². The second kappa shape index (κ2) is 3.72. The van der Waals surface area contributed by atoms with Gasteiger partial charge in [-0.05, 0) is 0 Å². The predicted molar refractivity (Wildman–Crippen MR) is 42.4 cm³/mol. The lowest BCUT2D eigenvalue weighted by Crippen LogP contribution is -2.15. The first kappa shape index (κ1) is 7.74. The van der Waals surface area contributed by atoms with Crippen LogP contribution in [0.1, 0.15) is 0 Å². The highest BCUT2D eigenvalue weighted by Gasteiger charge is 1.90. The Bertz CT molecular complexity index is 269. The van der Waals surface area contributed by atoms with Crippen LogP contribution in [0.4, 0.5) is 5.82 Å². The van der Waals surface area contributed by atoms with Crippen LogP contribution in [-0.4, -0.2) is 23.1 Å². The fourth-order valence-electron chi connectivity index (χ4n) is 0.665. The number of hydrogen-bond acceptors (Lipinski definition) is 4. The minimum atomic E-state index is -0.167. The molecule has 0 saturated heterocycles. The first-order valence-corrected chi connectivity index (χ1v) is 3.31. The minimum absolute atomic E-state index is 0.167. The number of aromatic amines is 1. The normalized spacial score (nSPS) is 9.55. The summed E-state index contributed by atoms with van der Waals surface area (Å²) in [6.45, 7) is 1.14. The second-order valence-electron chi connectivity index (χ2n) is 2.01. The Morgan fingerprint density at radius 2 is 2.55 bits per heavy atom. The molecule has 0 unspecified atom stereocenters.